The lowest BCUT2D eigenvalue weighted by Crippen LogP contribution is -2.17. The summed E-state index contributed by atoms with van der Waals surface area (Å²) in [7, 11) is 0. The molecule has 0 unspecified atom stereocenters. The average Bonchev–Trinajstić information content (AvgIpc) is 3.64. The van der Waals surface area contributed by atoms with Gasteiger partial charge in [-0.2, -0.15) is 0 Å². The van der Waals surface area contributed by atoms with Gasteiger partial charge in [-0.15, -0.1) is 0 Å². The Labute approximate surface area is 267 Å². The molecule has 8 aromatic rings. The van der Waals surface area contributed by atoms with E-state index in [0.29, 0.717) is 12.5 Å². The number of hydrogen-bond acceptors (Lipinski definition) is 3. The van der Waals surface area contributed by atoms with E-state index in [1.807, 2.05) is 12.4 Å². The Morgan fingerprint density at radius 3 is 2.13 bits per heavy atom. The Balaban J connectivity index is 1.33. The van der Waals surface area contributed by atoms with Crippen LogP contribution in [0.4, 0.5) is 0 Å². The quantitative estimate of drug-likeness (QED) is 0.204. The molecule has 1 aliphatic heterocycles. The Morgan fingerprint density at radius 1 is 0.587 bits per heavy atom. The summed E-state index contributed by atoms with van der Waals surface area (Å²) in [5.41, 5.74) is 8.69. The van der Waals surface area contributed by atoms with Gasteiger partial charge in [-0.05, 0) is 88.5 Å². The molecule has 0 N–H and O–H groups in total. The number of nitrogens with zero attached hydrogens (tertiary/aromatic N) is 3. The second kappa shape index (κ2) is 10.1. The smallest absolute Gasteiger partial charge is 0.218 e. The Hall–Kier alpha value is -5.74. The third-order valence-corrected chi connectivity index (χ3v) is 9.13. The maximum absolute atomic E-state index is 6.00. The summed E-state index contributed by atoms with van der Waals surface area (Å²) in [4.78, 5) is 9.48. The van der Waals surface area contributed by atoms with Crippen molar-refractivity contribution in [2.24, 2.45) is 4.99 Å². The SMILES string of the molecule is CC1(C)COC(c2cncc(-c3cc4c(c5ccccc35)c3ccc(-c5ccc6ccccc6c5)cc3n4-c3ccccc3)c2)=N1. The van der Waals surface area contributed by atoms with Gasteiger partial charge in [-0.1, -0.05) is 91.0 Å². The fourth-order valence-corrected chi connectivity index (χ4v) is 6.96. The van der Waals surface area contributed by atoms with Gasteiger partial charge in [0.05, 0.1) is 22.1 Å². The Kier molecular flexibility index (Phi) is 5.88. The van der Waals surface area contributed by atoms with Gasteiger partial charge in [0.25, 0.3) is 0 Å². The molecule has 0 saturated carbocycles. The zero-order valence-corrected chi connectivity index (χ0v) is 25.7. The molecule has 4 heteroatoms. The van der Waals surface area contributed by atoms with Crippen LogP contribution in [0, 0.1) is 0 Å². The number of fused-ring (bicyclic) bond motifs is 6. The van der Waals surface area contributed by atoms with Crippen molar-refractivity contribution in [3.63, 3.8) is 0 Å². The number of rotatable bonds is 4. The van der Waals surface area contributed by atoms with Gasteiger partial charge in [0, 0.05) is 34.4 Å². The second-order valence-corrected chi connectivity index (χ2v) is 12.8. The van der Waals surface area contributed by atoms with Crippen molar-refractivity contribution in [2.75, 3.05) is 6.61 Å². The largest absolute Gasteiger partial charge is 0.475 e. The number of benzene rings is 6. The standard InChI is InChI=1S/C42H31N3O/c1-42(2)26-46-41(44-42)32-21-31(24-43-25-32)37-23-39-40(35-15-9-8-14-34(35)37)36-19-18-30(22-38(36)45(39)33-12-4-3-5-13-33)29-17-16-27-10-6-7-11-28(27)20-29/h3-25H,26H2,1-2H3. The van der Waals surface area contributed by atoms with E-state index in [0.717, 1.165) is 27.9 Å². The first-order chi connectivity index (χ1) is 22.5. The molecule has 6 aromatic carbocycles. The maximum Gasteiger partial charge on any atom is 0.218 e. The summed E-state index contributed by atoms with van der Waals surface area (Å²) in [5.74, 6) is 0.657. The van der Waals surface area contributed by atoms with E-state index in [2.05, 4.69) is 151 Å². The molecular weight excluding hydrogens is 562 g/mol. The van der Waals surface area contributed by atoms with Gasteiger partial charge in [-0.3, -0.25) is 4.98 Å². The van der Waals surface area contributed by atoms with Crippen molar-refractivity contribution < 1.29 is 4.74 Å². The van der Waals surface area contributed by atoms with Gasteiger partial charge >= 0.3 is 0 Å². The molecule has 0 atom stereocenters. The number of aromatic nitrogens is 2. The van der Waals surface area contributed by atoms with Crippen LogP contribution in [0.15, 0.2) is 145 Å². The molecule has 0 bridgehead atoms. The first kappa shape index (κ1) is 26.6. The highest BCUT2D eigenvalue weighted by Gasteiger charge is 2.27. The lowest BCUT2D eigenvalue weighted by atomic mass is 9.94. The van der Waals surface area contributed by atoms with Crippen LogP contribution in [0.25, 0.3) is 71.3 Å². The summed E-state index contributed by atoms with van der Waals surface area (Å²) in [6, 6.07) is 46.1. The first-order valence-electron chi connectivity index (χ1n) is 15.8. The molecule has 0 saturated heterocycles. The zero-order valence-electron chi connectivity index (χ0n) is 25.7. The molecule has 2 aromatic heterocycles. The van der Waals surface area contributed by atoms with E-state index in [1.165, 1.54) is 49.0 Å². The summed E-state index contributed by atoms with van der Waals surface area (Å²) in [6.07, 6.45) is 3.80. The normalized spacial score (nSPS) is 14.3. The van der Waals surface area contributed by atoms with Crippen LogP contribution < -0.4 is 0 Å². The minimum absolute atomic E-state index is 0.237. The van der Waals surface area contributed by atoms with Crippen LogP contribution in [0.3, 0.4) is 0 Å². The number of ether oxygens (including phenoxy) is 1. The van der Waals surface area contributed by atoms with E-state index in [9.17, 15) is 0 Å². The Bertz CT molecular complexity index is 2510. The third-order valence-electron chi connectivity index (χ3n) is 9.13. The topological polar surface area (TPSA) is 39.4 Å². The van der Waals surface area contributed by atoms with Crippen LogP contribution >= 0.6 is 0 Å². The van der Waals surface area contributed by atoms with Gasteiger partial charge in [0.2, 0.25) is 5.90 Å². The minimum Gasteiger partial charge on any atom is -0.475 e. The van der Waals surface area contributed by atoms with E-state index < -0.39 is 0 Å². The summed E-state index contributed by atoms with van der Waals surface area (Å²) < 4.78 is 8.41. The number of hydrogen-bond donors (Lipinski definition) is 0. The predicted octanol–water partition coefficient (Wildman–Crippen LogP) is 10.4. The van der Waals surface area contributed by atoms with E-state index in [4.69, 9.17) is 9.73 Å². The fourth-order valence-electron chi connectivity index (χ4n) is 6.96. The number of pyridine rings is 1. The maximum atomic E-state index is 6.00. The minimum atomic E-state index is -0.237. The molecular formula is C42H31N3O. The molecule has 1 aliphatic rings. The van der Waals surface area contributed by atoms with Crippen molar-refractivity contribution in [1.29, 1.82) is 0 Å². The van der Waals surface area contributed by atoms with Crippen LogP contribution in [0.1, 0.15) is 19.4 Å². The van der Waals surface area contributed by atoms with Crippen LogP contribution in [0.5, 0.6) is 0 Å². The van der Waals surface area contributed by atoms with Crippen molar-refractivity contribution in [2.45, 2.75) is 19.4 Å². The van der Waals surface area contributed by atoms with Crippen LogP contribution in [0.2, 0.25) is 0 Å². The fraction of sp³-hybridized carbons (Fsp3) is 0.0952. The van der Waals surface area contributed by atoms with E-state index in [1.54, 1.807) is 0 Å². The Morgan fingerprint density at radius 2 is 1.30 bits per heavy atom. The molecule has 46 heavy (non-hydrogen) atoms. The monoisotopic (exact) mass is 593 g/mol. The van der Waals surface area contributed by atoms with Gasteiger partial charge in [0.15, 0.2) is 0 Å². The van der Waals surface area contributed by atoms with Crippen LogP contribution in [-0.4, -0.2) is 27.6 Å². The van der Waals surface area contributed by atoms with Crippen molar-refractivity contribution >= 4 is 49.2 Å². The van der Waals surface area contributed by atoms with Crippen LogP contribution in [-0.2, 0) is 4.74 Å². The average molecular weight is 594 g/mol. The zero-order chi connectivity index (χ0) is 30.8. The van der Waals surface area contributed by atoms with Crippen molar-refractivity contribution in [3.8, 4) is 27.9 Å². The summed E-state index contributed by atoms with van der Waals surface area (Å²) >= 11 is 0. The van der Waals surface area contributed by atoms with Crippen molar-refractivity contribution in [1.82, 2.24) is 9.55 Å². The molecule has 4 nitrogen and oxygen atoms in total. The summed E-state index contributed by atoms with van der Waals surface area (Å²) in [6.45, 7) is 4.75. The predicted molar refractivity (Wildman–Crippen MR) is 191 cm³/mol. The molecule has 0 radical (unpaired) electrons. The highest BCUT2D eigenvalue weighted by molar-refractivity contribution is 6.24. The molecule has 0 aliphatic carbocycles. The lowest BCUT2D eigenvalue weighted by molar-refractivity contribution is 0.279. The molecule has 0 amide bonds. The summed E-state index contributed by atoms with van der Waals surface area (Å²) in [5, 5.41) is 7.38. The van der Waals surface area contributed by atoms with E-state index >= 15 is 0 Å². The van der Waals surface area contributed by atoms with Gasteiger partial charge in [-0.25, -0.2) is 4.99 Å². The third kappa shape index (κ3) is 4.29. The number of para-hydroxylation sites is 1. The van der Waals surface area contributed by atoms with Gasteiger partial charge in [0.1, 0.15) is 6.61 Å². The highest BCUT2D eigenvalue weighted by Crippen LogP contribution is 2.42. The van der Waals surface area contributed by atoms with Gasteiger partial charge < -0.3 is 9.30 Å². The second-order valence-electron chi connectivity index (χ2n) is 12.8. The number of aliphatic imine (C=N–C) groups is 1. The van der Waals surface area contributed by atoms with E-state index in [-0.39, 0.29) is 5.54 Å². The molecule has 220 valence electrons. The lowest BCUT2D eigenvalue weighted by Gasteiger charge is -2.13. The highest BCUT2D eigenvalue weighted by atomic mass is 16.5. The molecule has 0 spiro atoms. The van der Waals surface area contributed by atoms with Crippen molar-refractivity contribution in [3.05, 3.63) is 145 Å². The molecule has 3 heterocycles. The molecule has 9 rings (SSSR count). The first-order valence-corrected chi connectivity index (χ1v) is 15.8. The molecule has 0 fully saturated rings.